The van der Waals surface area contributed by atoms with Crippen LogP contribution >= 0.6 is 11.3 Å². The van der Waals surface area contributed by atoms with Crippen LogP contribution in [0.4, 0.5) is 0 Å². The number of fused-ring (bicyclic) bond motifs is 1. The SMILES string of the molecule is O=C(NO)c1ccc(-c2ccc3c(c2)CN(CCc2ccccc2)CCC3)s1. The second-order valence-corrected chi connectivity index (χ2v) is 8.29. The first-order chi connectivity index (χ1) is 13.7. The van der Waals surface area contributed by atoms with E-state index in [0.717, 1.165) is 42.9 Å². The minimum absolute atomic E-state index is 0.460. The van der Waals surface area contributed by atoms with Gasteiger partial charge >= 0.3 is 0 Å². The molecule has 4 nitrogen and oxygen atoms in total. The van der Waals surface area contributed by atoms with Gasteiger partial charge in [-0.05, 0) is 66.3 Å². The van der Waals surface area contributed by atoms with E-state index >= 15 is 0 Å². The number of nitrogens with zero attached hydrogens (tertiary/aromatic N) is 1. The van der Waals surface area contributed by atoms with Crippen LogP contribution in [0, 0.1) is 0 Å². The van der Waals surface area contributed by atoms with Crippen molar-refractivity contribution in [3.63, 3.8) is 0 Å². The summed E-state index contributed by atoms with van der Waals surface area (Å²) >= 11 is 1.40. The predicted octanol–water partition coefficient (Wildman–Crippen LogP) is 4.53. The van der Waals surface area contributed by atoms with E-state index in [2.05, 4.69) is 53.4 Å². The Morgan fingerprint density at radius 2 is 1.93 bits per heavy atom. The number of amides is 1. The third kappa shape index (κ3) is 4.33. The van der Waals surface area contributed by atoms with Crippen LogP contribution in [0.3, 0.4) is 0 Å². The molecule has 0 unspecified atom stereocenters. The van der Waals surface area contributed by atoms with Crippen LogP contribution in [0.2, 0.25) is 0 Å². The Morgan fingerprint density at radius 3 is 2.75 bits per heavy atom. The van der Waals surface area contributed by atoms with E-state index in [-0.39, 0.29) is 0 Å². The standard InChI is InChI=1S/C23H24N2O2S/c26-23(24-27)22-11-10-21(28-22)19-9-8-18-7-4-13-25(16-20(18)15-19)14-12-17-5-2-1-3-6-17/h1-3,5-6,8-11,15,27H,4,7,12-14,16H2,(H,24,26). The molecule has 4 rings (SSSR count). The average Bonchev–Trinajstić information content (AvgIpc) is 3.14. The zero-order valence-corrected chi connectivity index (χ0v) is 16.5. The van der Waals surface area contributed by atoms with Gasteiger partial charge in [-0.15, -0.1) is 11.3 Å². The van der Waals surface area contributed by atoms with Crippen LogP contribution in [0.15, 0.2) is 60.7 Å². The number of hydrogen-bond donors (Lipinski definition) is 2. The van der Waals surface area contributed by atoms with E-state index in [1.807, 2.05) is 6.07 Å². The lowest BCUT2D eigenvalue weighted by atomic mass is 10.0. The molecule has 1 amide bonds. The van der Waals surface area contributed by atoms with E-state index in [1.54, 1.807) is 11.5 Å². The van der Waals surface area contributed by atoms with Crippen LogP contribution in [-0.4, -0.2) is 29.1 Å². The van der Waals surface area contributed by atoms with Crippen molar-refractivity contribution in [2.75, 3.05) is 13.1 Å². The van der Waals surface area contributed by atoms with E-state index < -0.39 is 5.91 Å². The number of nitrogens with one attached hydrogen (secondary N) is 1. The molecule has 0 bridgehead atoms. The number of hydroxylamine groups is 1. The number of aryl methyl sites for hydroxylation is 1. The molecular formula is C23H24N2O2S. The maximum Gasteiger partial charge on any atom is 0.284 e. The zero-order valence-electron chi connectivity index (χ0n) is 15.7. The van der Waals surface area contributed by atoms with Crippen molar-refractivity contribution >= 4 is 17.2 Å². The molecule has 0 saturated carbocycles. The van der Waals surface area contributed by atoms with Gasteiger partial charge in [0.15, 0.2) is 0 Å². The van der Waals surface area contributed by atoms with Gasteiger partial charge in [-0.1, -0.05) is 42.5 Å². The van der Waals surface area contributed by atoms with Crippen LogP contribution in [0.25, 0.3) is 10.4 Å². The molecule has 1 aliphatic rings. The maximum absolute atomic E-state index is 11.6. The quantitative estimate of drug-likeness (QED) is 0.496. The Hall–Kier alpha value is -2.47. The van der Waals surface area contributed by atoms with Crippen LogP contribution in [0.1, 0.15) is 32.8 Å². The first kappa shape index (κ1) is 18.9. The summed E-state index contributed by atoms with van der Waals surface area (Å²) in [5.74, 6) is -0.460. The molecule has 0 radical (unpaired) electrons. The average molecular weight is 393 g/mol. The Bertz CT molecular complexity index is 952. The third-order valence-corrected chi connectivity index (χ3v) is 6.43. The van der Waals surface area contributed by atoms with Crippen molar-refractivity contribution in [2.24, 2.45) is 0 Å². The highest BCUT2D eigenvalue weighted by Gasteiger charge is 2.16. The van der Waals surface area contributed by atoms with Gasteiger partial charge in [-0.3, -0.25) is 14.9 Å². The molecule has 2 aromatic carbocycles. The number of thiophene rings is 1. The molecule has 144 valence electrons. The normalized spacial score (nSPS) is 14.3. The Balaban J connectivity index is 1.50. The fourth-order valence-electron chi connectivity index (χ4n) is 3.78. The van der Waals surface area contributed by atoms with Gasteiger partial charge in [0.2, 0.25) is 0 Å². The van der Waals surface area contributed by atoms with Gasteiger partial charge in [-0.25, -0.2) is 5.48 Å². The first-order valence-corrected chi connectivity index (χ1v) is 10.5. The Morgan fingerprint density at radius 1 is 1.07 bits per heavy atom. The fraction of sp³-hybridized carbons (Fsp3) is 0.261. The molecule has 28 heavy (non-hydrogen) atoms. The van der Waals surface area contributed by atoms with Gasteiger partial charge in [0.05, 0.1) is 4.88 Å². The van der Waals surface area contributed by atoms with Crippen LogP contribution in [0.5, 0.6) is 0 Å². The highest BCUT2D eigenvalue weighted by molar-refractivity contribution is 7.17. The van der Waals surface area contributed by atoms with E-state index in [9.17, 15) is 4.79 Å². The third-order valence-electron chi connectivity index (χ3n) is 5.30. The van der Waals surface area contributed by atoms with E-state index in [1.165, 1.54) is 34.4 Å². The molecule has 0 aliphatic carbocycles. The van der Waals surface area contributed by atoms with Crippen molar-refractivity contribution in [1.29, 1.82) is 0 Å². The van der Waals surface area contributed by atoms with Gasteiger partial charge in [0.25, 0.3) is 5.91 Å². The summed E-state index contributed by atoms with van der Waals surface area (Å²) in [6, 6.07) is 21.0. The number of rotatable bonds is 5. The van der Waals surface area contributed by atoms with Crippen LogP contribution in [-0.2, 0) is 19.4 Å². The lowest BCUT2D eigenvalue weighted by Gasteiger charge is -2.20. The largest absolute Gasteiger partial charge is 0.299 e. The van der Waals surface area contributed by atoms with Crippen molar-refractivity contribution in [3.8, 4) is 10.4 Å². The minimum atomic E-state index is -0.460. The van der Waals surface area contributed by atoms with E-state index in [4.69, 9.17) is 5.21 Å². The molecule has 0 atom stereocenters. The summed E-state index contributed by atoms with van der Waals surface area (Å²) in [4.78, 5) is 15.7. The van der Waals surface area contributed by atoms with E-state index in [0.29, 0.717) is 4.88 Å². The number of benzene rings is 2. The van der Waals surface area contributed by atoms with Gasteiger partial charge < -0.3 is 0 Å². The van der Waals surface area contributed by atoms with Crippen molar-refractivity contribution in [2.45, 2.75) is 25.8 Å². The molecule has 2 N–H and O–H groups in total. The molecule has 0 fully saturated rings. The Labute approximate surface area is 169 Å². The molecular weight excluding hydrogens is 368 g/mol. The van der Waals surface area contributed by atoms with Gasteiger partial charge in [-0.2, -0.15) is 0 Å². The summed E-state index contributed by atoms with van der Waals surface area (Å²) in [5, 5.41) is 8.82. The molecule has 2 heterocycles. The summed E-state index contributed by atoms with van der Waals surface area (Å²) in [7, 11) is 0. The number of carbonyl (C=O) groups is 1. The highest BCUT2D eigenvalue weighted by atomic mass is 32.1. The maximum atomic E-state index is 11.6. The molecule has 5 heteroatoms. The minimum Gasteiger partial charge on any atom is -0.299 e. The number of carbonyl (C=O) groups excluding carboxylic acids is 1. The molecule has 3 aromatic rings. The summed E-state index contributed by atoms with van der Waals surface area (Å²) in [5.41, 5.74) is 7.02. The monoisotopic (exact) mass is 392 g/mol. The van der Waals surface area contributed by atoms with Gasteiger partial charge in [0.1, 0.15) is 0 Å². The molecule has 1 aromatic heterocycles. The molecule has 1 aliphatic heterocycles. The smallest absolute Gasteiger partial charge is 0.284 e. The van der Waals surface area contributed by atoms with Crippen molar-refractivity contribution in [1.82, 2.24) is 10.4 Å². The summed E-state index contributed by atoms with van der Waals surface area (Å²) in [6.45, 7) is 3.15. The zero-order chi connectivity index (χ0) is 19.3. The predicted molar refractivity (Wildman–Crippen MR) is 113 cm³/mol. The van der Waals surface area contributed by atoms with Crippen LogP contribution < -0.4 is 5.48 Å². The summed E-state index contributed by atoms with van der Waals surface area (Å²) in [6.07, 6.45) is 3.36. The molecule has 0 spiro atoms. The second kappa shape index (κ2) is 8.69. The lowest BCUT2D eigenvalue weighted by Crippen LogP contribution is -2.25. The van der Waals surface area contributed by atoms with Crippen molar-refractivity contribution < 1.29 is 10.0 Å². The second-order valence-electron chi connectivity index (χ2n) is 7.20. The van der Waals surface area contributed by atoms with Crippen molar-refractivity contribution in [3.05, 3.63) is 82.2 Å². The fourth-order valence-corrected chi connectivity index (χ4v) is 4.67. The number of hydrogen-bond acceptors (Lipinski definition) is 4. The Kier molecular flexibility index (Phi) is 5.86. The lowest BCUT2D eigenvalue weighted by molar-refractivity contribution is 0.0711. The highest BCUT2D eigenvalue weighted by Crippen LogP contribution is 2.31. The van der Waals surface area contributed by atoms with Gasteiger partial charge in [0, 0.05) is 18.0 Å². The first-order valence-electron chi connectivity index (χ1n) is 9.65. The summed E-state index contributed by atoms with van der Waals surface area (Å²) < 4.78 is 0. The topological polar surface area (TPSA) is 52.6 Å². The molecule has 0 saturated heterocycles.